The van der Waals surface area contributed by atoms with Crippen molar-refractivity contribution in [2.24, 2.45) is 5.73 Å². The van der Waals surface area contributed by atoms with Gasteiger partial charge in [0, 0.05) is 12.1 Å². The zero-order chi connectivity index (χ0) is 11.3. The van der Waals surface area contributed by atoms with E-state index in [1.165, 1.54) is 0 Å². The van der Waals surface area contributed by atoms with Gasteiger partial charge in [0.2, 0.25) is 5.91 Å². The first kappa shape index (κ1) is 14.7. The second-order valence-corrected chi connectivity index (χ2v) is 3.32. The Labute approximate surface area is 102 Å². The van der Waals surface area contributed by atoms with E-state index in [2.05, 4.69) is 5.32 Å². The molecule has 0 saturated heterocycles. The van der Waals surface area contributed by atoms with Crippen molar-refractivity contribution < 1.29 is 9.53 Å². The first-order chi connectivity index (χ1) is 7.15. The minimum atomic E-state index is -0.486. The lowest BCUT2D eigenvalue weighted by Gasteiger charge is -2.10. The van der Waals surface area contributed by atoms with Gasteiger partial charge in [0.25, 0.3) is 0 Å². The molecule has 90 valence electrons. The molecule has 0 spiro atoms. The monoisotopic (exact) mass is 244 g/mol. The number of methoxy groups -OCH3 is 1. The maximum absolute atomic E-state index is 11.2. The van der Waals surface area contributed by atoms with E-state index < -0.39 is 6.04 Å². The molecule has 0 unspecified atom stereocenters. The fourth-order valence-corrected chi connectivity index (χ4v) is 1.19. The summed E-state index contributed by atoms with van der Waals surface area (Å²) in [6.45, 7) is 2.09. The van der Waals surface area contributed by atoms with Gasteiger partial charge in [-0.2, -0.15) is 0 Å². The summed E-state index contributed by atoms with van der Waals surface area (Å²) < 4.78 is 5.16. The van der Waals surface area contributed by atoms with Crippen LogP contribution in [0.2, 0.25) is 0 Å². The molecule has 1 amide bonds. The van der Waals surface area contributed by atoms with Crippen LogP contribution in [-0.2, 0) is 11.3 Å². The molecule has 0 radical (unpaired) electrons. The van der Waals surface area contributed by atoms with Gasteiger partial charge in [-0.15, -0.1) is 12.4 Å². The number of carbonyl (C=O) groups excluding carboxylic acids is 1. The Balaban J connectivity index is 0.00000225. The van der Waals surface area contributed by atoms with E-state index in [1.54, 1.807) is 14.0 Å². The van der Waals surface area contributed by atoms with Crippen LogP contribution in [0.3, 0.4) is 0 Å². The fourth-order valence-electron chi connectivity index (χ4n) is 1.19. The highest BCUT2D eigenvalue weighted by Gasteiger charge is 2.07. The average Bonchev–Trinajstić information content (AvgIpc) is 2.26. The second-order valence-electron chi connectivity index (χ2n) is 3.32. The quantitative estimate of drug-likeness (QED) is 0.833. The summed E-state index contributed by atoms with van der Waals surface area (Å²) in [5.41, 5.74) is 6.37. The van der Waals surface area contributed by atoms with E-state index in [4.69, 9.17) is 10.5 Å². The number of rotatable bonds is 4. The Bertz CT molecular complexity index is 343. The third-order valence-electron chi connectivity index (χ3n) is 2.06. The molecule has 5 heteroatoms. The standard InChI is InChI=1S/C11H16N2O2.ClH/c1-8(12)11(14)13-7-9-5-3-4-6-10(9)15-2;/h3-6,8H,7,12H2,1-2H3,(H,13,14);1H/t8-;/m1./s1. The van der Waals surface area contributed by atoms with Crippen LogP contribution < -0.4 is 15.8 Å². The van der Waals surface area contributed by atoms with Gasteiger partial charge in [-0.25, -0.2) is 0 Å². The summed E-state index contributed by atoms with van der Waals surface area (Å²) in [7, 11) is 1.60. The lowest BCUT2D eigenvalue weighted by atomic mass is 10.2. The van der Waals surface area contributed by atoms with Gasteiger partial charge in [-0.3, -0.25) is 4.79 Å². The Morgan fingerprint density at radius 2 is 2.12 bits per heavy atom. The van der Waals surface area contributed by atoms with Crippen LogP contribution in [0.5, 0.6) is 5.75 Å². The second kappa shape index (κ2) is 7.09. The third-order valence-corrected chi connectivity index (χ3v) is 2.06. The molecule has 0 fully saturated rings. The van der Waals surface area contributed by atoms with Gasteiger partial charge in [0.15, 0.2) is 0 Å². The van der Waals surface area contributed by atoms with Crippen molar-refractivity contribution in [1.82, 2.24) is 5.32 Å². The van der Waals surface area contributed by atoms with Gasteiger partial charge in [0.1, 0.15) is 5.75 Å². The number of halogens is 1. The molecule has 1 aromatic rings. The molecule has 1 aromatic carbocycles. The van der Waals surface area contributed by atoms with Gasteiger partial charge >= 0.3 is 0 Å². The maximum Gasteiger partial charge on any atom is 0.236 e. The summed E-state index contributed by atoms with van der Waals surface area (Å²) in [5, 5.41) is 2.73. The van der Waals surface area contributed by atoms with E-state index in [9.17, 15) is 4.79 Å². The molecule has 4 nitrogen and oxygen atoms in total. The summed E-state index contributed by atoms with van der Waals surface area (Å²) in [5.74, 6) is 0.600. The van der Waals surface area contributed by atoms with Gasteiger partial charge in [-0.05, 0) is 13.0 Å². The molecule has 0 bridgehead atoms. The lowest BCUT2D eigenvalue weighted by Crippen LogP contribution is -2.37. The summed E-state index contributed by atoms with van der Waals surface area (Å²) >= 11 is 0. The predicted molar refractivity (Wildman–Crippen MR) is 65.7 cm³/mol. The van der Waals surface area contributed by atoms with Crippen molar-refractivity contribution in [1.29, 1.82) is 0 Å². The van der Waals surface area contributed by atoms with Gasteiger partial charge in [-0.1, -0.05) is 18.2 Å². The molecule has 0 saturated carbocycles. The maximum atomic E-state index is 11.2. The minimum absolute atomic E-state index is 0. The Morgan fingerprint density at radius 3 is 2.69 bits per heavy atom. The van der Waals surface area contributed by atoms with Crippen LogP contribution >= 0.6 is 12.4 Å². The number of benzene rings is 1. The Morgan fingerprint density at radius 1 is 1.50 bits per heavy atom. The zero-order valence-electron chi connectivity index (χ0n) is 9.40. The third kappa shape index (κ3) is 4.08. The highest BCUT2D eigenvalue weighted by atomic mass is 35.5. The van der Waals surface area contributed by atoms with E-state index in [0.29, 0.717) is 6.54 Å². The predicted octanol–water partition coefficient (Wildman–Crippen LogP) is 1.08. The molecule has 0 aliphatic rings. The summed E-state index contributed by atoms with van der Waals surface area (Å²) in [6, 6.07) is 7.05. The molecule has 16 heavy (non-hydrogen) atoms. The molecular formula is C11H17ClN2O2. The molecule has 1 rings (SSSR count). The molecule has 0 heterocycles. The van der Waals surface area contributed by atoms with Crippen LogP contribution in [0, 0.1) is 0 Å². The van der Waals surface area contributed by atoms with Crippen molar-refractivity contribution >= 4 is 18.3 Å². The van der Waals surface area contributed by atoms with Crippen LogP contribution in [0.1, 0.15) is 12.5 Å². The highest BCUT2D eigenvalue weighted by molar-refractivity contribution is 5.85. The minimum Gasteiger partial charge on any atom is -0.496 e. The van der Waals surface area contributed by atoms with E-state index in [0.717, 1.165) is 11.3 Å². The number of nitrogens with one attached hydrogen (secondary N) is 1. The Kier molecular flexibility index (Phi) is 6.53. The van der Waals surface area contributed by atoms with E-state index in [1.807, 2.05) is 24.3 Å². The number of nitrogens with two attached hydrogens (primary N) is 1. The number of para-hydroxylation sites is 1. The number of amides is 1. The van der Waals surface area contributed by atoms with Crippen molar-refractivity contribution in [3.63, 3.8) is 0 Å². The molecule has 3 N–H and O–H groups in total. The van der Waals surface area contributed by atoms with Gasteiger partial charge < -0.3 is 15.8 Å². The van der Waals surface area contributed by atoms with Crippen LogP contribution in [0.4, 0.5) is 0 Å². The fraction of sp³-hybridized carbons (Fsp3) is 0.364. The van der Waals surface area contributed by atoms with E-state index in [-0.39, 0.29) is 18.3 Å². The van der Waals surface area contributed by atoms with Crippen molar-refractivity contribution in [2.75, 3.05) is 7.11 Å². The van der Waals surface area contributed by atoms with Crippen molar-refractivity contribution in [2.45, 2.75) is 19.5 Å². The first-order valence-corrected chi connectivity index (χ1v) is 4.80. The smallest absolute Gasteiger partial charge is 0.236 e. The highest BCUT2D eigenvalue weighted by Crippen LogP contribution is 2.16. The molecule has 1 atom stereocenters. The molecular weight excluding hydrogens is 228 g/mol. The topological polar surface area (TPSA) is 64.3 Å². The van der Waals surface area contributed by atoms with E-state index >= 15 is 0 Å². The van der Waals surface area contributed by atoms with Crippen LogP contribution in [0.15, 0.2) is 24.3 Å². The SMILES string of the molecule is COc1ccccc1CNC(=O)[C@@H](C)N.Cl. The summed E-state index contributed by atoms with van der Waals surface area (Å²) in [6.07, 6.45) is 0. The first-order valence-electron chi connectivity index (χ1n) is 4.80. The normalized spacial score (nSPS) is 11.2. The van der Waals surface area contributed by atoms with Crippen LogP contribution in [-0.4, -0.2) is 19.1 Å². The van der Waals surface area contributed by atoms with Crippen LogP contribution in [0.25, 0.3) is 0 Å². The number of hydrogen-bond acceptors (Lipinski definition) is 3. The average molecular weight is 245 g/mol. The molecule has 0 aromatic heterocycles. The van der Waals surface area contributed by atoms with Crippen molar-refractivity contribution in [3.05, 3.63) is 29.8 Å². The zero-order valence-corrected chi connectivity index (χ0v) is 10.2. The molecule has 0 aliphatic carbocycles. The number of ether oxygens (including phenoxy) is 1. The summed E-state index contributed by atoms with van der Waals surface area (Å²) in [4.78, 5) is 11.2. The number of hydrogen-bond donors (Lipinski definition) is 2. The lowest BCUT2D eigenvalue weighted by molar-refractivity contribution is -0.122. The van der Waals surface area contributed by atoms with Crippen molar-refractivity contribution in [3.8, 4) is 5.75 Å². The number of carbonyl (C=O) groups is 1. The largest absolute Gasteiger partial charge is 0.496 e. The molecule has 0 aliphatic heterocycles. The Hall–Kier alpha value is -1.26. The van der Waals surface area contributed by atoms with Gasteiger partial charge in [0.05, 0.1) is 13.2 Å².